The van der Waals surface area contributed by atoms with Crippen molar-refractivity contribution in [1.82, 2.24) is 4.90 Å². The Balaban J connectivity index is 1.44. The van der Waals surface area contributed by atoms with Crippen LogP contribution in [0.3, 0.4) is 0 Å². The van der Waals surface area contributed by atoms with Crippen LogP contribution in [0.5, 0.6) is 17.2 Å². The second-order valence-electron chi connectivity index (χ2n) is 6.60. The lowest BCUT2D eigenvalue weighted by Gasteiger charge is -2.21. The second-order valence-corrected chi connectivity index (χ2v) is 6.60. The largest absolute Gasteiger partial charge is 0.497 e. The molecular weight excluding hydrogens is 374 g/mol. The lowest BCUT2D eigenvalue weighted by molar-refractivity contribution is -0.152. The number of hydrogen-bond acceptors (Lipinski definition) is 6. The maximum Gasteiger partial charge on any atom is 0.306 e. The van der Waals surface area contributed by atoms with E-state index in [9.17, 15) is 9.59 Å². The predicted octanol–water partition coefficient (Wildman–Crippen LogP) is 2.95. The summed E-state index contributed by atoms with van der Waals surface area (Å²) in [6, 6.07) is 13.1. The number of carbonyl (C=O) groups is 2. The summed E-state index contributed by atoms with van der Waals surface area (Å²) in [4.78, 5) is 26.1. The van der Waals surface area contributed by atoms with E-state index in [0.717, 1.165) is 16.9 Å². The zero-order valence-corrected chi connectivity index (χ0v) is 16.7. The number of esters is 1. The van der Waals surface area contributed by atoms with Crippen LogP contribution in [0.25, 0.3) is 0 Å². The van der Waals surface area contributed by atoms with Crippen molar-refractivity contribution in [3.05, 3.63) is 53.6 Å². The smallest absolute Gasteiger partial charge is 0.306 e. The molecule has 0 atom stereocenters. The van der Waals surface area contributed by atoms with Gasteiger partial charge in [-0.05, 0) is 48.7 Å². The zero-order chi connectivity index (χ0) is 20.6. The number of ether oxygens (including phenoxy) is 4. The fourth-order valence-electron chi connectivity index (χ4n) is 2.98. The van der Waals surface area contributed by atoms with E-state index in [2.05, 4.69) is 0 Å². The normalized spacial score (nSPS) is 11.8. The first kappa shape index (κ1) is 20.5. The molecule has 0 unspecified atom stereocenters. The van der Waals surface area contributed by atoms with E-state index in [1.807, 2.05) is 49.4 Å². The van der Waals surface area contributed by atoms with Crippen LogP contribution >= 0.6 is 0 Å². The molecule has 1 heterocycles. The van der Waals surface area contributed by atoms with E-state index >= 15 is 0 Å². The Bertz CT molecular complexity index is 849. The molecule has 7 heteroatoms. The van der Waals surface area contributed by atoms with Gasteiger partial charge in [0.15, 0.2) is 18.1 Å². The molecule has 0 N–H and O–H groups in total. The Hall–Kier alpha value is -3.22. The summed E-state index contributed by atoms with van der Waals surface area (Å²) < 4.78 is 20.9. The highest BCUT2D eigenvalue weighted by molar-refractivity contribution is 5.80. The number of rotatable bonds is 9. The van der Waals surface area contributed by atoms with Crippen molar-refractivity contribution in [3.63, 3.8) is 0 Å². The molecule has 2 aromatic rings. The van der Waals surface area contributed by atoms with E-state index in [-0.39, 0.29) is 25.7 Å². The highest BCUT2D eigenvalue weighted by Crippen LogP contribution is 2.32. The third kappa shape index (κ3) is 5.63. The van der Waals surface area contributed by atoms with Gasteiger partial charge in [-0.15, -0.1) is 0 Å². The van der Waals surface area contributed by atoms with Gasteiger partial charge >= 0.3 is 5.97 Å². The maximum absolute atomic E-state index is 12.4. The number of fused-ring (bicyclic) bond motifs is 1. The molecule has 1 aliphatic heterocycles. The Morgan fingerprint density at radius 1 is 1.03 bits per heavy atom. The number of methoxy groups -OCH3 is 1. The van der Waals surface area contributed by atoms with Gasteiger partial charge in [-0.25, -0.2) is 0 Å². The van der Waals surface area contributed by atoms with Gasteiger partial charge in [0, 0.05) is 19.5 Å². The van der Waals surface area contributed by atoms with Crippen LogP contribution < -0.4 is 14.2 Å². The van der Waals surface area contributed by atoms with Crippen molar-refractivity contribution in [3.8, 4) is 17.2 Å². The number of amides is 1. The molecular formula is C22H25NO6. The van der Waals surface area contributed by atoms with Gasteiger partial charge in [0.05, 0.1) is 7.11 Å². The molecule has 3 rings (SSSR count). The van der Waals surface area contributed by atoms with Crippen molar-refractivity contribution in [2.45, 2.75) is 26.3 Å². The summed E-state index contributed by atoms with van der Waals surface area (Å²) in [5.74, 6) is 1.52. The Morgan fingerprint density at radius 2 is 1.76 bits per heavy atom. The van der Waals surface area contributed by atoms with Crippen LogP contribution in [0.1, 0.15) is 24.5 Å². The molecule has 2 aromatic carbocycles. The first-order valence-electron chi connectivity index (χ1n) is 9.54. The van der Waals surface area contributed by atoms with E-state index in [0.29, 0.717) is 31.0 Å². The molecule has 0 aliphatic carbocycles. The summed E-state index contributed by atoms with van der Waals surface area (Å²) in [5, 5.41) is 0. The average molecular weight is 399 g/mol. The minimum absolute atomic E-state index is 0.210. The van der Waals surface area contributed by atoms with E-state index in [1.165, 1.54) is 0 Å². The summed E-state index contributed by atoms with van der Waals surface area (Å²) in [5.41, 5.74) is 1.93. The van der Waals surface area contributed by atoms with Gasteiger partial charge in [-0.3, -0.25) is 9.59 Å². The molecule has 0 saturated carbocycles. The molecule has 154 valence electrons. The van der Waals surface area contributed by atoms with Crippen LogP contribution in [-0.2, 0) is 27.3 Å². The van der Waals surface area contributed by atoms with E-state index in [1.54, 1.807) is 12.0 Å². The first-order valence-corrected chi connectivity index (χ1v) is 9.54. The zero-order valence-electron chi connectivity index (χ0n) is 16.7. The maximum atomic E-state index is 12.4. The van der Waals surface area contributed by atoms with Gasteiger partial charge in [-0.2, -0.15) is 0 Å². The number of hydrogen-bond donors (Lipinski definition) is 0. The van der Waals surface area contributed by atoms with Crippen LogP contribution in [0.4, 0.5) is 0 Å². The molecule has 0 bridgehead atoms. The Kier molecular flexibility index (Phi) is 6.94. The molecule has 0 radical (unpaired) electrons. The van der Waals surface area contributed by atoms with Crippen molar-refractivity contribution in [2.24, 2.45) is 0 Å². The molecule has 1 aliphatic rings. The summed E-state index contributed by atoms with van der Waals surface area (Å²) in [7, 11) is 1.61. The highest BCUT2D eigenvalue weighted by atomic mass is 16.7. The van der Waals surface area contributed by atoms with Gasteiger partial charge in [0.2, 0.25) is 6.79 Å². The number of aryl methyl sites for hydroxylation is 1. The molecule has 1 amide bonds. The predicted molar refractivity (Wildman–Crippen MR) is 106 cm³/mol. The third-order valence-electron chi connectivity index (χ3n) is 4.68. The fraction of sp³-hybridized carbons (Fsp3) is 0.364. The van der Waals surface area contributed by atoms with Crippen molar-refractivity contribution in [2.75, 3.05) is 27.1 Å². The molecule has 0 aromatic heterocycles. The van der Waals surface area contributed by atoms with Gasteiger partial charge in [0.25, 0.3) is 5.91 Å². The monoisotopic (exact) mass is 399 g/mol. The topological polar surface area (TPSA) is 74.3 Å². The minimum atomic E-state index is -0.395. The van der Waals surface area contributed by atoms with Crippen molar-refractivity contribution >= 4 is 11.9 Å². The van der Waals surface area contributed by atoms with E-state index in [4.69, 9.17) is 18.9 Å². The van der Waals surface area contributed by atoms with Crippen molar-refractivity contribution in [1.29, 1.82) is 0 Å². The quantitative estimate of drug-likeness (QED) is 0.604. The molecule has 7 nitrogen and oxygen atoms in total. The molecule has 0 saturated heterocycles. The average Bonchev–Trinajstić information content (AvgIpc) is 3.22. The number of carbonyl (C=O) groups excluding carboxylic acids is 2. The minimum Gasteiger partial charge on any atom is -0.497 e. The fourth-order valence-corrected chi connectivity index (χ4v) is 2.98. The molecule has 0 fully saturated rings. The SMILES string of the molecule is CCN(Cc1ccc2c(c1)OCO2)C(=O)COC(=O)CCc1ccc(OC)cc1. The van der Waals surface area contributed by atoms with Crippen LogP contribution in [0.15, 0.2) is 42.5 Å². The molecule has 29 heavy (non-hydrogen) atoms. The summed E-state index contributed by atoms with van der Waals surface area (Å²) >= 11 is 0. The highest BCUT2D eigenvalue weighted by Gasteiger charge is 2.18. The third-order valence-corrected chi connectivity index (χ3v) is 4.68. The van der Waals surface area contributed by atoms with Crippen molar-refractivity contribution < 1.29 is 28.5 Å². The lowest BCUT2D eigenvalue weighted by atomic mass is 10.1. The molecule has 0 spiro atoms. The van der Waals surface area contributed by atoms with E-state index < -0.39 is 5.97 Å². The summed E-state index contributed by atoms with van der Waals surface area (Å²) in [6.07, 6.45) is 0.763. The first-order chi connectivity index (χ1) is 14.1. The van der Waals surface area contributed by atoms with Gasteiger partial charge in [-0.1, -0.05) is 18.2 Å². The van der Waals surface area contributed by atoms with Crippen LogP contribution in [0.2, 0.25) is 0 Å². The number of benzene rings is 2. The number of nitrogens with zero attached hydrogens (tertiary/aromatic N) is 1. The Morgan fingerprint density at radius 3 is 2.48 bits per heavy atom. The lowest BCUT2D eigenvalue weighted by Crippen LogP contribution is -2.34. The van der Waals surface area contributed by atoms with Gasteiger partial charge in [0.1, 0.15) is 5.75 Å². The van der Waals surface area contributed by atoms with Crippen LogP contribution in [0, 0.1) is 0 Å². The standard InChI is InChI=1S/C22H25NO6/c1-3-23(13-17-6-10-19-20(12-17)29-15-28-19)21(24)14-27-22(25)11-7-16-4-8-18(26-2)9-5-16/h4-6,8-10,12H,3,7,11,13-15H2,1-2H3. The van der Waals surface area contributed by atoms with Gasteiger partial charge < -0.3 is 23.8 Å². The second kappa shape index (κ2) is 9.82. The van der Waals surface area contributed by atoms with Crippen LogP contribution in [-0.4, -0.2) is 43.8 Å². The number of likely N-dealkylation sites (N-methyl/N-ethyl adjacent to an activating group) is 1. The Labute approximate surface area is 170 Å². The summed E-state index contributed by atoms with van der Waals surface area (Å²) in [6.45, 7) is 2.75.